The van der Waals surface area contributed by atoms with E-state index in [1.165, 1.54) is 9.88 Å². The predicted octanol–water partition coefficient (Wildman–Crippen LogP) is 1.70. The summed E-state index contributed by atoms with van der Waals surface area (Å²) in [6, 6.07) is 1.70. The molecule has 0 spiro atoms. The Balaban J connectivity index is 2.30. The van der Waals surface area contributed by atoms with Gasteiger partial charge in [0.05, 0.1) is 0 Å². The summed E-state index contributed by atoms with van der Waals surface area (Å²) in [6.45, 7) is 6.27. The van der Waals surface area contributed by atoms with E-state index in [9.17, 15) is 8.42 Å². The molecule has 1 aliphatic heterocycles. The van der Waals surface area contributed by atoms with Crippen molar-refractivity contribution in [2.24, 2.45) is 5.73 Å². The molecule has 6 heteroatoms. The molecule has 2 N–H and O–H groups in total. The molecule has 0 aliphatic carbocycles. The minimum absolute atomic E-state index is 0.356. The number of rotatable bonds is 5. The number of nitrogens with two attached hydrogens (primary N) is 1. The van der Waals surface area contributed by atoms with Gasteiger partial charge in [0, 0.05) is 38.1 Å². The summed E-state index contributed by atoms with van der Waals surface area (Å²) in [4.78, 5) is 0.361. The third kappa shape index (κ3) is 2.97. The van der Waals surface area contributed by atoms with Crippen LogP contribution in [0.3, 0.4) is 0 Å². The summed E-state index contributed by atoms with van der Waals surface area (Å²) >= 11 is 0. The average molecular weight is 297 g/mol. The molecule has 0 unspecified atom stereocenters. The first-order valence-electron chi connectivity index (χ1n) is 7.04. The van der Waals surface area contributed by atoms with Crippen molar-refractivity contribution in [2.45, 2.75) is 44.7 Å². The lowest BCUT2D eigenvalue weighted by Gasteiger charge is -2.24. The summed E-state index contributed by atoms with van der Waals surface area (Å²) in [5.41, 5.74) is 7.82. The van der Waals surface area contributed by atoms with E-state index in [0.717, 1.165) is 25.1 Å². The van der Waals surface area contributed by atoms with Crippen LogP contribution in [0.2, 0.25) is 0 Å². The van der Waals surface area contributed by atoms with Crippen LogP contribution in [0, 0.1) is 0 Å². The van der Waals surface area contributed by atoms with E-state index >= 15 is 0 Å². The van der Waals surface area contributed by atoms with Crippen LogP contribution in [0.4, 0.5) is 0 Å². The lowest BCUT2D eigenvalue weighted by molar-refractivity contribution is 0.431. The molecule has 5 nitrogen and oxygen atoms in total. The number of aromatic nitrogens is 1. The third-order valence-electron chi connectivity index (χ3n) is 3.67. The summed E-state index contributed by atoms with van der Waals surface area (Å²) in [5.74, 6) is 0. The normalized spacial score (nSPS) is 17.2. The molecule has 112 valence electrons. The second-order valence-corrected chi connectivity index (χ2v) is 7.17. The standard InChI is InChI=1S/C14H23N3O2S/c1-3-6-16-11-14(9-13(16)10-15)20(18,19)17-7-4-12(2)5-8-17/h4,9,11H,3,5-8,10,15H2,1-2H3. The minimum Gasteiger partial charge on any atom is -0.349 e. The maximum atomic E-state index is 12.6. The molecule has 1 aromatic rings. The van der Waals surface area contributed by atoms with Gasteiger partial charge in [0.25, 0.3) is 0 Å². The fourth-order valence-corrected chi connectivity index (χ4v) is 3.85. The smallest absolute Gasteiger partial charge is 0.244 e. The van der Waals surface area contributed by atoms with E-state index in [-0.39, 0.29) is 0 Å². The molecular formula is C14H23N3O2S. The molecule has 1 aliphatic rings. The van der Waals surface area contributed by atoms with Crippen LogP contribution in [0.15, 0.2) is 28.8 Å². The summed E-state index contributed by atoms with van der Waals surface area (Å²) in [6.07, 6.45) is 5.45. The van der Waals surface area contributed by atoms with Gasteiger partial charge in [-0.25, -0.2) is 8.42 Å². The third-order valence-corrected chi connectivity index (χ3v) is 5.50. The van der Waals surface area contributed by atoms with Gasteiger partial charge in [0.1, 0.15) is 4.90 Å². The summed E-state index contributed by atoms with van der Waals surface area (Å²) in [7, 11) is -3.40. The van der Waals surface area contributed by atoms with Crippen LogP contribution in [-0.4, -0.2) is 30.4 Å². The topological polar surface area (TPSA) is 68.3 Å². The van der Waals surface area contributed by atoms with Crippen molar-refractivity contribution < 1.29 is 8.42 Å². The van der Waals surface area contributed by atoms with E-state index in [1.807, 2.05) is 17.6 Å². The Kier molecular flexibility index (Phi) is 4.67. The van der Waals surface area contributed by atoms with Crippen LogP contribution in [0.5, 0.6) is 0 Å². The van der Waals surface area contributed by atoms with Crippen molar-refractivity contribution in [3.63, 3.8) is 0 Å². The maximum absolute atomic E-state index is 12.6. The zero-order valence-corrected chi connectivity index (χ0v) is 13.0. The summed E-state index contributed by atoms with van der Waals surface area (Å²) in [5, 5.41) is 0. The Bertz CT molecular complexity index is 602. The van der Waals surface area contributed by atoms with E-state index in [2.05, 4.69) is 6.92 Å². The number of hydrogen-bond acceptors (Lipinski definition) is 3. The van der Waals surface area contributed by atoms with Gasteiger partial charge in [-0.2, -0.15) is 4.31 Å². The molecule has 0 bridgehead atoms. The van der Waals surface area contributed by atoms with Crippen LogP contribution in [-0.2, 0) is 23.1 Å². The largest absolute Gasteiger partial charge is 0.349 e. The molecule has 2 heterocycles. The van der Waals surface area contributed by atoms with Crippen molar-refractivity contribution in [1.29, 1.82) is 0 Å². The van der Waals surface area contributed by atoms with Gasteiger partial charge in [0.2, 0.25) is 10.0 Å². The fraction of sp³-hybridized carbons (Fsp3) is 0.571. The van der Waals surface area contributed by atoms with Crippen molar-refractivity contribution in [2.75, 3.05) is 13.1 Å². The number of sulfonamides is 1. The van der Waals surface area contributed by atoms with Gasteiger partial charge in [-0.3, -0.25) is 0 Å². The van der Waals surface area contributed by atoms with Gasteiger partial charge < -0.3 is 10.3 Å². The van der Waals surface area contributed by atoms with Gasteiger partial charge in [-0.1, -0.05) is 18.6 Å². The highest BCUT2D eigenvalue weighted by molar-refractivity contribution is 7.89. The van der Waals surface area contributed by atoms with Crippen LogP contribution in [0.25, 0.3) is 0 Å². The number of nitrogens with zero attached hydrogens (tertiary/aromatic N) is 2. The molecular weight excluding hydrogens is 274 g/mol. The first-order valence-corrected chi connectivity index (χ1v) is 8.48. The molecule has 0 amide bonds. The maximum Gasteiger partial charge on any atom is 0.244 e. The molecule has 2 rings (SSSR count). The second kappa shape index (κ2) is 6.11. The lowest BCUT2D eigenvalue weighted by Crippen LogP contribution is -2.34. The number of aryl methyl sites for hydroxylation is 1. The predicted molar refractivity (Wildman–Crippen MR) is 79.7 cm³/mol. The first kappa shape index (κ1) is 15.3. The molecule has 1 aromatic heterocycles. The minimum atomic E-state index is -3.40. The Morgan fingerprint density at radius 2 is 2.15 bits per heavy atom. The zero-order chi connectivity index (χ0) is 14.8. The van der Waals surface area contributed by atoms with Gasteiger partial charge >= 0.3 is 0 Å². The molecule has 0 saturated carbocycles. The van der Waals surface area contributed by atoms with Gasteiger partial charge in [-0.15, -0.1) is 0 Å². The quantitative estimate of drug-likeness (QED) is 0.841. The molecule has 0 radical (unpaired) electrons. The highest BCUT2D eigenvalue weighted by Gasteiger charge is 2.27. The Morgan fingerprint density at radius 1 is 1.40 bits per heavy atom. The lowest BCUT2D eigenvalue weighted by atomic mass is 10.1. The summed E-state index contributed by atoms with van der Waals surface area (Å²) < 4.78 is 28.7. The first-order chi connectivity index (χ1) is 9.48. The highest BCUT2D eigenvalue weighted by atomic mass is 32.2. The van der Waals surface area contributed by atoms with E-state index in [0.29, 0.717) is 24.5 Å². The van der Waals surface area contributed by atoms with Gasteiger partial charge in [-0.05, 0) is 25.8 Å². The molecule has 0 fully saturated rings. The highest BCUT2D eigenvalue weighted by Crippen LogP contribution is 2.22. The molecule has 0 saturated heterocycles. The SMILES string of the molecule is CCCn1cc(S(=O)(=O)N2CC=C(C)CC2)cc1CN. The van der Waals surface area contributed by atoms with Crippen LogP contribution in [0.1, 0.15) is 32.4 Å². The molecule has 20 heavy (non-hydrogen) atoms. The fourth-order valence-electron chi connectivity index (χ4n) is 2.41. The van der Waals surface area contributed by atoms with Crippen LogP contribution >= 0.6 is 0 Å². The van der Waals surface area contributed by atoms with Gasteiger partial charge in [0.15, 0.2) is 0 Å². The zero-order valence-electron chi connectivity index (χ0n) is 12.2. The Labute approximate surface area is 121 Å². The Hall–Kier alpha value is -1.11. The van der Waals surface area contributed by atoms with Crippen molar-refractivity contribution in [1.82, 2.24) is 8.87 Å². The van der Waals surface area contributed by atoms with E-state index in [1.54, 1.807) is 12.3 Å². The Morgan fingerprint density at radius 3 is 2.70 bits per heavy atom. The van der Waals surface area contributed by atoms with E-state index < -0.39 is 10.0 Å². The van der Waals surface area contributed by atoms with Crippen molar-refractivity contribution in [3.05, 3.63) is 29.6 Å². The molecule has 0 atom stereocenters. The second-order valence-electron chi connectivity index (χ2n) is 5.23. The number of hydrogen-bond donors (Lipinski definition) is 1. The van der Waals surface area contributed by atoms with Crippen molar-refractivity contribution >= 4 is 10.0 Å². The van der Waals surface area contributed by atoms with Crippen LogP contribution < -0.4 is 5.73 Å². The van der Waals surface area contributed by atoms with E-state index in [4.69, 9.17) is 5.73 Å². The average Bonchev–Trinajstić information content (AvgIpc) is 2.83. The van der Waals surface area contributed by atoms with Crippen molar-refractivity contribution in [3.8, 4) is 0 Å². The molecule has 0 aromatic carbocycles. The monoisotopic (exact) mass is 297 g/mol.